The van der Waals surface area contributed by atoms with Crippen molar-refractivity contribution in [3.63, 3.8) is 0 Å². The summed E-state index contributed by atoms with van der Waals surface area (Å²) in [5.74, 6) is -0.765. The van der Waals surface area contributed by atoms with Crippen LogP contribution in [0.5, 0.6) is 5.75 Å². The van der Waals surface area contributed by atoms with Gasteiger partial charge in [-0.3, -0.25) is 4.90 Å². The predicted molar refractivity (Wildman–Crippen MR) is 85.4 cm³/mol. The van der Waals surface area contributed by atoms with Crippen LogP contribution in [0.3, 0.4) is 0 Å². The molecule has 2 aromatic carbocycles. The summed E-state index contributed by atoms with van der Waals surface area (Å²) in [6.45, 7) is 3.07. The molecule has 0 aromatic heterocycles. The average Bonchev–Trinajstić information content (AvgIpc) is 2.59. The molecule has 1 fully saturated rings. The molecule has 1 aliphatic rings. The topological polar surface area (TPSA) is 24.5 Å². The molecule has 1 atom stereocenters. The number of hydrogen-bond acceptors (Lipinski definition) is 3. The number of hydrogen-bond donors (Lipinski definition) is 1. The lowest BCUT2D eigenvalue weighted by Crippen LogP contribution is -2.45. The molecule has 2 aromatic rings. The van der Waals surface area contributed by atoms with Crippen molar-refractivity contribution in [1.29, 1.82) is 0 Å². The monoisotopic (exact) mass is 318 g/mol. The van der Waals surface area contributed by atoms with E-state index in [2.05, 4.69) is 16.3 Å². The van der Waals surface area contributed by atoms with E-state index in [1.807, 2.05) is 18.2 Å². The van der Waals surface area contributed by atoms with Crippen LogP contribution in [-0.2, 0) is 6.54 Å². The molecule has 1 saturated heterocycles. The third kappa shape index (κ3) is 3.51. The van der Waals surface area contributed by atoms with E-state index in [0.29, 0.717) is 6.54 Å². The van der Waals surface area contributed by atoms with Crippen molar-refractivity contribution in [3.05, 3.63) is 65.2 Å². The molecule has 1 aliphatic heterocycles. The molecule has 122 valence electrons. The van der Waals surface area contributed by atoms with Crippen LogP contribution in [0.1, 0.15) is 17.2 Å². The van der Waals surface area contributed by atoms with Crippen molar-refractivity contribution in [2.75, 3.05) is 26.7 Å². The molecule has 0 bridgehead atoms. The zero-order valence-corrected chi connectivity index (χ0v) is 13.1. The number of nitrogens with zero attached hydrogens (tertiary/aromatic N) is 1. The number of ether oxygens (including phenoxy) is 1. The largest absolute Gasteiger partial charge is 0.496 e. The first-order valence-electron chi connectivity index (χ1n) is 7.70. The second kappa shape index (κ2) is 7.06. The first-order chi connectivity index (χ1) is 11.2. The minimum Gasteiger partial charge on any atom is -0.496 e. The Bertz CT molecular complexity index is 678. The predicted octanol–water partition coefficient (Wildman–Crippen LogP) is 3.12. The van der Waals surface area contributed by atoms with Crippen molar-refractivity contribution < 1.29 is 13.5 Å². The lowest BCUT2D eigenvalue weighted by Gasteiger charge is -2.37. The first kappa shape index (κ1) is 15.9. The summed E-state index contributed by atoms with van der Waals surface area (Å²) in [5, 5.41) is 3.39. The summed E-state index contributed by atoms with van der Waals surface area (Å²) < 4.78 is 32.0. The second-order valence-electron chi connectivity index (χ2n) is 5.68. The maximum atomic E-state index is 13.4. The van der Waals surface area contributed by atoms with E-state index in [0.717, 1.165) is 36.5 Å². The molecule has 0 saturated carbocycles. The van der Waals surface area contributed by atoms with Crippen LogP contribution in [0.15, 0.2) is 42.5 Å². The number of para-hydroxylation sites is 1. The van der Waals surface area contributed by atoms with Crippen LogP contribution in [0.4, 0.5) is 8.78 Å². The minimum atomic E-state index is -0.810. The summed E-state index contributed by atoms with van der Waals surface area (Å²) in [6.07, 6.45) is 0. The number of methoxy groups -OCH3 is 1. The summed E-state index contributed by atoms with van der Waals surface area (Å²) in [4.78, 5) is 2.26. The van der Waals surface area contributed by atoms with Gasteiger partial charge in [0.1, 0.15) is 5.75 Å². The Balaban J connectivity index is 1.85. The summed E-state index contributed by atoms with van der Waals surface area (Å²) in [7, 11) is 1.66. The molecule has 0 aliphatic carbocycles. The fourth-order valence-electron chi connectivity index (χ4n) is 3.06. The van der Waals surface area contributed by atoms with Crippen molar-refractivity contribution in [3.8, 4) is 5.75 Å². The summed E-state index contributed by atoms with van der Waals surface area (Å²) in [6, 6.07) is 12.2. The van der Waals surface area contributed by atoms with Gasteiger partial charge in [-0.25, -0.2) is 8.78 Å². The lowest BCUT2D eigenvalue weighted by atomic mass is 10.0. The second-order valence-corrected chi connectivity index (χ2v) is 5.68. The van der Waals surface area contributed by atoms with E-state index in [4.69, 9.17) is 4.74 Å². The maximum Gasteiger partial charge on any atom is 0.159 e. The van der Waals surface area contributed by atoms with Crippen LogP contribution in [-0.4, -0.2) is 31.6 Å². The smallest absolute Gasteiger partial charge is 0.159 e. The van der Waals surface area contributed by atoms with Gasteiger partial charge in [0.15, 0.2) is 11.6 Å². The van der Waals surface area contributed by atoms with Crippen molar-refractivity contribution >= 4 is 0 Å². The van der Waals surface area contributed by atoms with E-state index < -0.39 is 11.6 Å². The summed E-state index contributed by atoms with van der Waals surface area (Å²) in [5.41, 5.74) is 1.87. The van der Waals surface area contributed by atoms with Gasteiger partial charge in [-0.1, -0.05) is 24.3 Å². The Labute approximate surface area is 134 Å². The highest BCUT2D eigenvalue weighted by Crippen LogP contribution is 2.31. The van der Waals surface area contributed by atoms with Gasteiger partial charge in [-0.05, 0) is 23.8 Å². The molecule has 3 rings (SSSR count). The molecule has 1 unspecified atom stereocenters. The van der Waals surface area contributed by atoms with Crippen LogP contribution in [0.2, 0.25) is 0 Å². The van der Waals surface area contributed by atoms with Gasteiger partial charge < -0.3 is 10.1 Å². The van der Waals surface area contributed by atoms with Crippen molar-refractivity contribution in [2.45, 2.75) is 12.6 Å². The number of benzene rings is 2. The zero-order chi connectivity index (χ0) is 16.2. The molecular weight excluding hydrogens is 298 g/mol. The van der Waals surface area contributed by atoms with Gasteiger partial charge in [0.2, 0.25) is 0 Å². The Morgan fingerprint density at radius 3 is 2.78 bits per heavy atom. The fourth-order valence-corrected chi connectivity index (χ4v) is 3.06. The Hall–Kier alpha value is -1.98. The zero-order valence-electron chi connectivity index (χ0n) is 13.1. The lowest BCUT2D eigenvalue weighted by molar-refractivity contribution is 0.151. The first-order valence-corrected chi connectivity index (χ1v) is 7.70. The molecule has 23 heavy (non-hydrogen) atoms. The highest BCUT2D eigenvalue weighted by Gasteiger charge is 2.26. The average molecular weight is 318 g/mol. The Morgan fingerprint density at radius 2 is 2.00 bits per heavy atom. The van der Waals surface area contributed by atoms with Crippen LogP contribution < -0.4 is 10.1 Å². The fraction of sp³-hybridized carbons (Fsp3) is 0.333. The van der Waals surface area contributed by atoms with Crippen LogP contribution in [0.25, 0.3) is 0 Å². The van der Waals surface area contributed by atoms with E-state index in [9.17, 15) is 8.78 Å². The van der Waals surface area contributed by atoms with Gasteiger partial charge in [0, 0.05) is 31.7 Å². The molecule has 5 heteroatoms. The van der Waals surface area contributed by atoms with Crippen LogP contribution in [0, 0.1) is 11.6 Å². The molecule has 1 N–H and O–H groups in total. The quantitative estimate of drug-likeness (QED) is 0.937. The standard InChI is InChI=1S/C18H20F2N2O/c1-23-18-5-3-2-4-14(18)17-11-21-8-9-22(17)12-13-6-7-15(19)16(20)10-13/h2-7,10,17,21H,8-9,11-12H2,1H3. The van der Waals surface area contributed by atoms with Gasteiger partial charge in [-0.15, -0.1) is 0 Å². The van der Waals surface area contributed by atoms with Gasteiger partial charge in [0.25, 0.3) is 0 Å². The number of halogens is 2. The molecule has 1 heterocycles. The van der Waals surface area contributed by atoms with Gasteiger partial charge in [-0.2, -0.15) is 0 Å². The number of nitrogens with one attached hydrogen (secondary N) is 1. The number of piperazine rings is 1. The normalized spacial score (nSPS) is 18.8. The van der Waals surface area contributed by atoms with E-state index in [-0.39, 0.29) is 6.04 Å². The molecular formula is C18H20F2N2O. The van der Waals surface area contributed by atoms with Gasteiger partial charge in [0.05, 0.1) is 13.2 Å². The van der Waals surface area contributed by atoms with E-state index in [1.165, 1.54) is 12.1 Å². The maximum absolute atomic E-state index is 13.4. The van der Waals surface area contributed by atoms with Crippen LogP contribution >= 0.6 is 0 Å². The molecule has 3 nitrogen and oxygen atoms in total. The molecule has 0 amide bonds. The summed E-state index contributed by atoms with van der Waals surface area (Å²) >= 11 is 0. The van der Waals surface area contributed by atoms with Gasteiger partial charge >= 0.3 is 0 Å². The number of rotatable bonds is 4. The third-order valence-electron chi connectivity index (χ3n) is 4.22. The van der Waals surface area contributed by atoms with Crippen molar-refractivity contribution in [1.82, 2.24) is 10.2 Å². The van der Waals surface area contributed by atoms with Crippen molar-refractivity contribution in [2.24, 2.45) is 0 Å². The highest BCUT2D eigenvalue weighted by atomic mass is 19.2. The highest BCUT2D eigenvalue weighted by molar-refractivity contribution is 5.36. The van der Waals surface area contributed by atoms with E-state index >= 15 is 0 Å². The SMILES string of the molecule is COc1ccccc1C1CNCCN1Cc1ccc(F)c(F)c1. The van der Waals surface area contributed by atoms with E-state index in [1.54, 1.807) is 13.2 Å². The Morgan fingerprint density at radius 1 is 1.17 bits per heavy atom. The molecule has 0 spiro atoms. The third-order valence-corrected chi connectivity index (χ3v) is 4.22. The minimum absolute atomic E-state index is 0.132. The molecule has 0 radical (unpaired) electrons. The Kier molecular flexibility index (Phi) is 4.88.